The minimum atomic E-state index is -0.440. The van der Waals surface area contributed by atoms with Crippen LogP contribution in [-0.2, 0) is 18.0 Å². The van der Waals surface area contributed by atoms with Crippen molar-refractivity contribution in [3.8, 4) is 5.75 Å². The highest BCUT2D eigenvalue weighted by Gasteiger charge is 2.16. The zero-order chi connectivity index (χ0) is 18.5. The minimum absolute atomic E-state index is 0.117. The third-order valence-electron chi connectivity index (χ3n) is 4.11. The molecule has 0 amide bonds. The van der Waals surface area contributed by atoms with Crippen LogP contribution in [0, 0.1) is 20.8 Å². The van der Waals surface area contributed by atoms with E-state index in [1.807, 2.05) is 38.1 Å². The summed E-state index contributed by atoms with van der Waals surface area (Å²) in [6.07, 6.45) is 0. The Kier molecular flexibility index (Phi) is 5.37. The van der Waals surface area contributed by atoms with E-state index in [0.717, 1.165) is 16.8 Å². The average Bonchev–Trinajstić information content (AvgIpc) is 2.96. The quantitative estimate of drug-likeness (QED) is 0.610. The lowest BCUT2D eigenvalue weighted by Gasteiger charge is -2.11. The van der Waals surface area contributed by atoms with E-state index in [9.17, 15) is 4.79 Å². The van der Waals surface area contributed by atoms with Gasteiger partial charge in [0.2, 0.25) is 0 Å². The van der Waals surface area contributed by atoms with Crippen molar-refractivity contribution >= 4 is 5.97 Å². The van der Waals surface area contributed by atoms with Crippen molar-refractivity contribution in [2.75, 3.05) is 0 Å². The maximum Gasteiger partial charge on any atom is 0.342 e. The maximum absolute atomic E-state index is 12.5. The van der Waals surface area contributed by atoms with E-state index in [0.29, 0.717) is 23.7 Å². The first kappa shape index (κ1) is 17.7. The fraction of sp³-hybridized carbons (Fsp3) is 0.238. The van der Waals surface area contributed by atoms with Crippen LogP contribution in [0.3, 0.4) is 0 Å². The molecule has 3 aromatic rings. The van der Waals surface area contributed by atoms with Crippen LogP contribution >= 0.6 is 0 Å². The molecule has 0 saturated carbocycles. The first-order valence-corrected chi connectivity index (χ1v) is 8.41. The third kappa shape index (κ3) is 4.11. The van der Waals surface area contributed by atoms with Crippen molar-refractivity contribution in [2.24, 2.45) is 0 Å². The van der Waals surface area contributed by atoms with Gasteiger partial charge in [0.15, 0.2) is 0 Å². The highest BCUT2D eigenvalue weighted by atomic mass is 16.5. The number of rotatable bonds is 6. The number of hydrogen-bond acceptors (Lipinski definition) is 5. The van der Waals surface area contributed by atoms with E-state index >= 15 is 0 Å². The van der Waals surface area contributed by atoms with Crippen LogP contribution < -0.4 is 4.74 Å². The predicted molar refractivity (Wildman–Crippen MR) is 97.0 cm³/mol. The third-order valence-corrected chi connectivity index (χ3v) is 4.11. The summed E-state index contributed by atoms with van der Waals surface area (Å²) < 4.78 is 16.4. The first-order chi connectivity index (χ1) is 12.5. The van der Waals surface area contributed by atoms with Crippen LogP contribution in [0.4, 0.5) is 0 Å². The fourth-order valence-corrected chi connectivity index (χ4v) is 2.65. The molecule has 0 unspecified atom stereocenters. The molecule has 1 aromatic heterocycles. The van der Waals surface area contributed by atoms with Gasteiger partial charge < -0.3 is 14.0 Å². The Labute approximate surface area is 152 Å². The molecule has 5 heteroatoms. The van der Waals surface area contributed by atoms with Crippen LogP contribution in [0.5, 0.6) is 5.75 Å². The molecule has 0 atom stereocenters. The fourth-order valence-electron chi connectivity index (χ4n) is 2.65. The van der Waals surface area contributed by atoms with Gasteiger partial charge >= 0.3 is 5.97 Å². The Morgan fingerprint density at radius 1 is 1.04 bits per heavy atom. The minimum Gasteiger partial charge on any atom is -0.488 e. The van der Waals surface area contributed by atoms with Gasteiger partial charge in [-0.15, -0.1) is 0 Å². The van der Waals surface area contributed by atoms with Crippen LogP contribution in [-0.4, -0.2) is 11.1 Å². The smallest absolute Gasteiger partial charge is 0.342 e. The van der Waals surface area contributed by atoms with Gasteiger partial charge in [-0.1, -0.05) is 47.1 Å². The second-order valence-corrected chi connectivity index (χ2v) is 6.15. The number of para-hydroxylation sites is 1. The van der Waals surface area contributed by atoms with Crippen LogP contribution in [0.15, 0.2) is 53.1 Å². The summed E-state index contributed by atoms with van der Waals surface area (Å²) in [7, 11) is 0. The van der Waals surface area contributed by atoms with Crippen molar-refractivity contribution < 1.29 is 18.8 Å². The molecule has 134 valence electrons. The summed E-state index contributed by atoms with van der Waals surface area (Å²) in [4.78, 5) is 12.5. The number of nitrogens with zero attached hydrogens (tertiary/aromatic N) is 1. The molecule has 0 fully saturated rings. The van der Waals surface area contributed by atoms with Gasteiger partial charge in [0.1, 0.15) is 30.3 Å². The molecular formula is C21H21NO4. The Morgan fingerprint density at radius 3 is 2.58 bits per heavy atom. The Balaban J connectivity index is 1.69. The van der Waals surface area contributed by atoms with Crippen molar-refractivity contribution in [2.45, 2.75) is 34.0 Å². The van der Waals surface area contributed by atoms with E-state index in [1.165, 1.54) is 5.56 Å². The largest absolute Gasteiger partial charge is 0.488 e. The average molecular weight is 351 g/mol. The van der Waals surface area contributed by atoms with Crippen molar-refractivity contribution in [3.05, 3.63) is 82.2 Å². The van der Waals surface area contributed by atoms with E-state index < -0.39 is 5.97 Å². The van der Waals surface area contributed by atoms with Crippen molar-refractivity contribution in [1.29, 1.82) is 0 Å². The number of aryl methyl sites for hydroxylation is 3. The number of aromatic nitrogens is 1. The van der Waals surface area contributed by atoms with Gasteiger partial charge in [0, 0.05) is 0 Å². The summed E-state index contributed by atoms with van der Waals surface area (Å²) >= 11 is 0. The Hall–Kier alpha value is -3.08. The number of ether oxygens (including phenoxy) is 2. The lowest BCUT2D eigenvalue weighted by atomic mass is 10.1. The summed E-state index contributed by atoms with van der Waals surface area (Å²) in [5.74, 6) is 0.710. The second kappa shape index (κ2) is 7.87. The topological polar surface area (TPSA) is 61.6 Å². The number of carbonyl (C=O) groups excluding carboxylic acids is 1. The lowest BCUT2D eigenvalue weighted by molar-refractivity contribution is 0.0465. The van der Waals surface area contributed by atoms with Gasteiger partial charge in [-0.3, -0.25) is 0 Å². The molecule has 5 nitrogen and oxygen atoms in total. The van der Waals surface area contributed by atoms with E-state index in [1.54, 1.807) is 25.1 Å². The van der Waals surface area contributed by atoms with Crippen molar-refractivity contribution in [3.63, 3.8) is 0 Å². The van der Waals surface area contributed by atoms with Crippen molar-refractivity contribution in [1.82, 2.24) is 5.16 Å². The standard InChI is InChI=1S/C21H21NO4/c1-14-7-6-8-17(11-14)12-24-20-10-5-4-9-18(20)21(23)25-13-19-15(2)22-26-16(19)3/h4-11H,12-13H2,1-3H3. The summed E-state index contributed by atoms with van der Waals surface area (Å²) in [5, 5.41) is 3.86. The zero-order valence-electron chi connectivity index (χ0n) is 15.1. The van der Waals surface area contributed by atoms with Gasteiger partial charge in [-0.05, 0) is 38.5 Å². The molecule has 0 N–H and O–H groups in total. The highest BCUT2D eigenvalue weighted by molar-refractivity contribution is 5.92. The molecule has 26 heavy (non-hydrogen) atoms. The molecule has 2 aromatic carbocycles. The summed E-state index contributed by atoms with van der Waals surface area (Å²) in [6, 6.07) is 15.1. The molecule has 0 saturated heterocycles. The molecule has 0 aliphatic rings. The molecule has 0 aliphatic heterocycles. The summed E-state index contributed by atoms with van der Waals surface area (Å²) in [6.45, 7) is 6.15. The number of benzene rings is 2. The van der Waals surface area contributed by atoms with E-state index in [-0.39, 0.29) is 6.61 Å². The highest BCUT2D eigenvalue weighted by Crippen LogP contribution is 2.22. The molecule has 0 radical (unpaired) electrons. The lowest BCUT2D eigenvalue weighted by Crippen LogP contribution is -2.09. The molecule has 0 bridgehead atoms. The first-order valence-electron chi connectivity index (χ1n) is 8.41. The maximum atomic E-state index is 12.5. The predicted octanol–water partition coefficient (Wildman–Crippen LogP) is 4.54. The molecule has 0 spiro atoms. The van der Waals surface area contributed by atoms with E-state index in [2.05, 4.69) is 11.2 Å². The number of esters is 1. The SMILES string of the molecule is Cc1cccc(COc2ccccc2C(=O)OCc2c(C)noc2C)c1. The van der Waals surface area contributed by atoms with Gasteiger partial charge in [0.05, 0.1) is 11.3 Å². The molecular weight excluding hydrogens is 330 g/mol. The monoisotopic (exact) mass is 351 g/mol. The van der Waals surface area contributed by atoms with Gasteiger partial charge in [-0.25, -0.2) is 4.79 Å². The number of carbonyl (C=O) groups is 1. The molecule has 0 aliphatic carbocycles. The van der Waals surface area contributed by atoms with Gasteiger partial charge in [0.25, 0.3) is 0 Å². The van der Waals surface area contributed by atoms with E-state index in [4.69, 9.17) is 14.0 Å². The molecule has 1 heterocycles. The van der Waals surface area contributed by atoms with Crippen LogP contribution in [0.1, 0.15) is 38.5 Å². The number of hydrogen-bond donors (Lipinski definition) is 0. The van der Waals surface area contributed by atoms with Crippen LogP contribution in [0.2, 0.25) is 0 Å². The normalized spacial score (nSPS) is 10.6. The second-order valence-electron chi connectivity index (χ2n) is 6.15. The van der Waals surface area contributed by atoms with Gasteiger partial charge in [-0.2, -0.15) is 0 Å². The Morgan fingerprint density at radius 2 is 1.85 bits per heavy atom. The zero-order valence-corrected chi connectivity index (χ0v) is 15.1. The Bertz CT molecular complexity index is 894. The van der Waals surface area contributed by atoms with Crippen LogP contribution in [0.25, 0.3) is 0 Å². The summed E-state index contributed by atoms with van der Waals surface area (Å²) in [5.41, 5.74) is 4.12. The molecule has 3 rings (SSSR count).